The molecular weight excluding hydrogens is 401 g/mol. The van der Waals surface area contributed by atoms with Crippen LogP contribution in [0.5, 0.6) is 0 Å². The quantitative estimate of drug-likeness (QED) is 0.570. The first-order valence-electron chi connectivity index (χ1n) is 8.87. The number of nitrogens with zero attached hydrogens (tertiary/aromatic N) is 2. The number of hydrogen-bond acceptors (Lipinski definition) is 5. The summed E-state index contributed by atoms with van der Waals surface area (Å²) in [5.41, 5.74) is -3.11. The molecule has 1 fully saturated rings. The number of rotatable bonds is 3. The molecule has 2 aromatic heterocycles. The first-order chi connectivity index (χ1) is 14.2. The molecule has 0 bridgehead atoms. The first-order valence-corrected chi connectivity index (χ1v) is 8.87. The van der Waals surface area contributed by atoms with Crippen LogP contribution in [0.25, 0.3) is 10.9 Å². The lowest BCUT2D eigenvalue weighted by Crippen LogP contribution is -2.72. The van der Waals surface area contributed by atoms with Gasteiger partial charge in [0.15, 0.2) is 5.78 Å². The van der Waals surface area contributed by atoms with E-state index in [9.17, 15) is 27.9 Å². The third-order valence-corrected chi connectivity index (χ3v) is 5.02. The van der Waals surface area contributed by atoms with Gasteiger partial charge in [0.25, 0.3) is 0 Å². The predicted octanol–water partition coefficient (Wildman–Crippen LogP) is 2.73. The minimum Gasteiger partial charge on any atom is -0.363 e. The molecule has 1 aliphatic rings. The molecule has 154 valence electrons. The van der Waals surface area contributed by atoms with E-state index in [2.05, 4.69) is 15.3 Å². The number of hydrogen-bond donors (Lipinski definition) is 3. The molecule has 1 saturated heterocycles. The fourth-order valence-electron chi connectivity index (χ4n) is 3.59. The van der Waals surface area contributed by atoms with Crippen LogP contribution in [0.3, 0.4) is 0 Å². The number of ketones is 1. The van der Waals surface area contributed by atoms with E-state index < -0.39 is 35.7 Å². The van der Waals surface area contributed by atoms with Crippen molar-refractivity contribution in [3.05, 3.63) is 72.2 Å². The van der Waals surface area contributed by atoms with E-state index in [4.69, 9.17) is 0 Å². The smallest absolute Gasteiger partial charge is 0.363 e. The molecule has 0 aliphatic carbocycles. The summed E-state index contributed by atoms with van der Waals surface area (Å²) >= 11 is 0. The van der Waals surface area contributed by atoms with Gasteiger partial charge in [0.1, 0.15) is 5.92 Å². The number of Topliss-reactive ketones (excluding diaryl/α,β-unsaturated/α-hetero) is 1. The molecule has 0 unspecified atom stereocenters. The van der Waals surface area contributed by atoms with Crippen molar-refractivity contribution in [1.29, 1.82) is 0 Å². The summed E-state index contributed by atoms with van der Waals surface area (Å²) in [4.78, 5) is 33.1. The number of nitrogens with one attached hydrogen (secondary N) is 2. The SMILES string of the molecule is O=C1N[C@H](c2ccc3ncccc3c2)[C@H](C(=O)c2cccnc2)[C@@](O)(C(F)(F)F)N1. The summed E-state index contributed by atoms with van der Waals surface area (Å²) in [6.07, 6.45) is -1.28. The largest absolute Gasteiger partial charge is 0.437 e. The van der Waals surface area contributed by atoms with Gasteiger partial charge in [-0.25, -0.2) is 4.79 Å². The standard InChI is InChI=1S/C20H15F3N4O3/c21-20(22,23)19(30)15(17(28)13-4-1-7-24-10-13)16(26-18(29)27-19)12-5-6-14-11(9-12)3-2-8-25-14/h1-10,15-16,30H,(H2,26,27,29)/t15-,16-,19-/m1/s1. The highest BCUT2D eigenvalue weighted by molar-refractivity contribution is 6.00. The van der Waals surface area contributed by atoms with Crippen LogP contribution in [0.2, 0.25) is 0 Å². The molecule has 0 spiro atoms. The molecule has 10 heteroatoms. The van der Waals surface area contributed by atoms with Gasteiger partial charge in [-0.2, -0.15) is 13.2 Å². The number of urea groups is 1. The molecule has 30 heavy (non-hydrogen) atoms. The van der Waals surface area contributed by atoms with Gasteiger partial charge in [-0.05, 0) is 35.9 Å². The van der Waals surface area contributed by atoms with Gasteiger partial charge >= 0.3 is 12.2 Å². The molecule has 3 atom stereocenters. The topological polar surface area (TPSA) is 104 Å². The first kappa shape index (κ1) is 19.8. The van der Waals surface area contributed by atoms with E-state index in [1.54, 1.807) is 24.4 Å². The summed E-state index contributed by atoms with van der Waals surface area (Å²) < 4.78 is 41.7. The average molecular weight is 416 g/mol. The fourth-order valence-corrected chi connectivity index (χ4v) is 3.59. The molecule has 0 radical (unpaired) electrons. The molecule has 3 aromatic rings. The zero-order chi connectivity index (χ0) is 21.5. The number of aliphatic hydroxyl groups is 1. The number of benzene rings is 1. The number of carbonyl (C=O) groups is 2. The maximum atomic E-state index is 13.9. The third kappa shape index (κ3) is 3.24. The van der Waals surface area contributed by atoms with E-state index in [1.807, 2.05) is 0 Å². The van der Waals surface area contributed by atoms with Crippen LogP contribution in [0.15, 0.2) is 61.1 Å². The van der Waals surface area contributed by atoms with E-state index in [0.29, 0.717) is 10.9 Å². The van der Waals surface area contributed by atoms with Crippen molar-refractivity contribution in [3.63, 3.8) is 0 Å². The minimum absolute atomic E-state index is 0.129. The van der Waals surface area contributed by atoms with E-state index in [0.717, 1.165) is 6.20 Å². The monoisotopic (exact) mass is 416 g/mol. The Morgan fingerprint density at radius 3 is 2.60 bits per heavy atom. The zero-order valence-electron chi connectivity index (χ0n) is 15.2. The Hall–Kier alpha value is -3.53. The molecule has 1 aliphatic heterocycles. The minimum atomic E-state index is -5.32. The molecule has 1 aromatic carbocycles. The second-order valence-corrected chi connectivity index (χ2v) is 6.88. The lowest BCUT2D eigenvalue weighted by Gasteiger charge is -2.45. The summed E-state index contributed by atoms with van der Waals surface area (Å²) in [5, 5.41) is 15.0. The van der Waals surface area contributed by atoms with Crippen molar-refractivity contribution in [3.8, 4) is 0 Å². The predicted molar refractivity (Wildman–Crippen MR) is 99.2 cm³/mol. The van der Waals surface area contributed by atoms with Gasteiger partial charge in [0.2, 0.25) is 5.72 Å². The maximum absolute atomic E-state index is 13.9. The van der Waals surface area contributed by atoms with Crippen LogP contribution in [0.4, 0.5) is 18.0 Å². The van der Waals surface area contributed by atoms with Crippen molar-refractivity contribution >= 4 is 22.7 Å². The van der Waals surface area contributed by atoms with E-state index in [-0.39, 0.29) is 11.1 Å². The average Bonchev–Trinajstić information content (AvgIpc) is 2.72. The lowest BCUT2D eigenvalue weighted by atomic mass is 9.77. The van der Waals surface area contributed by atoms with Gasteiger partial charge in [-0.15, -0.1) is 0 Å². The maximum Gasteiger partial charge on any atom is 0.437 e. The summed E-state index contributed by atoms with van der Waals surface area (Å²) in [6.45, 7) is 0. The van der Waals surface area contributed by atoms with Crippen molar-refractivity contribution in [1.82, 2.24) is 20.6 Å². The van der Waals surface area contributed by atoms with Gasteiger partial charge in [-0.1, -0.05) is 12.1 Å². The zero-order valence-corrected chi connectivity index (χ0v) is 15.2. The summed E-state index contributed by atoms with van der Waals surface area (Å²) in [6, 6.07) is 7.89. The Labute approximate surface area is 168 Å². The van der Waals surface area contributed by atoms with Crippen LogP contribution in [-0.2, 0) is 0 Å². The molecule has 7 nitrogen and oxygen atoms in total. The van der Waals surface area contributed by atoms with Crippen molar-refractivity contribution in [2.24, 2.45) is 5.92 Å². The molecule has 0 saturated carbocycles. The number of alkyl halides is 3. The molecule has 3 N–H and O–H groups in total. The van der Waals surface area contributed by atoms with Gasteiger partial charge in [0.05, 0.1) is 11.6 Å². The molecule has 4 rings (SSSR count). The highest BCUT2D eigenvalue weighted by atomic mass is 19.4. The highest BCUT2D eigenvalue weighted by Gasteiger charge is 2.66. The second-order valence-electron chi connectivity index (χ2n) is 6.88. The second kappa shape index (κ2) is 7.06. The van der Waals surface area contributed by atoms with Crippen LogP contribution in [0, 0.1) is 5.92 Å². The number of aromatic nitrogens is 2. The molecule has 2 amide bonds. The van der Waals surface area contributed by atoms with Crippen molar-refractivity contribution in [2.45, 2.75) is 17.9 Å². The third-order valence-electron chi connectivity index (χ3n) is 5.02. The number of pyridine rings is 2. The number of fused-ring (bicyclic) bond motifs is 1. The van der Waals surface area contributed by atoms with E-state index >= 15 is 0 Å². The molecular formula is C20H15F3N4O3. The van der Waals surface area contributed by atoms with Crippen LogP contribution in [0.1, 0.15) is 22.0 Å². The summed E-state index contributed by atoms with van der Waals surface area (Å²) in [5.74, 6) is -3.12. The van der Waals surface area contributed by atoms with Crippen LogP contribution < -0.4 is 10.6 Å². The Bertz CT molecular complexity index is 1120. The fraction of sp³-hybridized carbons (Fsp3) is 0.200. The summed E-state index contributed by atoms with van der Waals surface area (Å²) in [7, 11) is 0. The Kier molecular flexibility index (Phi) is 4.65. The van der Waals surface area contributed by atoms with Crippen molar-refractivity contribution in [2.75, 3.05) is 0 Å². The lowest BCUT2D eigenvalue weighted by molar-refractivity contribution is -0.287. The Morgan fingerprint density at radius 1 is 1.13 bits per heavy atom. The van der Waals surface area contributed by atoms with Crippen molar-refractivity contribution < 1.29 is 27.9 Å². The normalized spacial score (nSPS) is 24.2. The van der Waals surface area contributed by atoms with E-state index in [1.165, 1.54) is 35.8 Å². The van der Waals surface area contributed by atoms with Gasteiger partial charge in [-0.3, -0.25) is 14.8 Å². The van der Waals surface area contributed by atoms with Gasteiger partial charge < -0.3 is 15.7 Å². The van der Waals surface area contributed by atoms with Gasteiger partial charge in [0, 0.05) is 29.5 Å². The highest BCUT2D eigenvalue weighted by Crippen LogP contribution is 2.44. The Morgan fingerprint density at radius 2 is 1.90 bits per heavy atom. The molecule has 3 heterocycles. The Balaban J connectivity index is 1.88. The number of carbonyl (C=O) groups excluding carboxylic acids is 2. The number of halogens is 3. The van der Waals surface area contributed by atoms with Crippen LogP contribution in [-0.4, -0.2) is 38.8 Å². The van der Waals surface area contributed by atoms with Crippen LogP contribution >= 0.6 is 0 Å². The number of amides is 2.